The Morgan fingerprint density at radius 1 is 1.33 bits per heavy atom. The number of ether oxygens (including phenoxy) is 2. The second-order valence-corrected chi connectivity index (χ2v) is 7.04. The zero-order valence-electron chi connectivity index (χ0n) is 12.8. The van der Waals surface area contributed by atoms with Crippen molar-refractivity contribution in [2.75, 3.05) is 19.8 Å². The Morgan fingerprint density at radius 2 is 2.10 bits per heavy atom. The summed E-state index contributed by atoms with van der Waals surface area (Å²) in [6.45, 7) is 7.14. The van der Waals surface area contributed by atoms with Gasteiger partial charge in [-0.1, -0.05) is 0 Å². The predicted octanol–water partition coefficient (Wildman–Crippen LogP) is 2.16. The van der Waals surface area contributed by atoms with Gasteiger partial charge in [-0.05, 0) is 56.9 Å². The minimum absolute atomic E-state index is 0.0103. The van der Waals surface area contributed by atoms with E-state index in [-0.39, 0.29) is 6.10 Å². The van der Waals surface area contributed by atoms with Gasteiger partial charge < -0.3 is 9.47 Å². The lowest BCUT2D eigenvalue weighted by Crippen LogP contribution is -2.32. The molecule has 5 nitrogen and oxygen atoms in total. The van der Waals surface area contributed by atoms with E-state index in [2.05, 4.69) is 4.72 Å². The Labute approximate surface area is 126 Å². The SMILES string of the molecule is CCOc1cc(C)c(S(=O)(=O)NCC2CCCO2)cc1C. The molecule has 1 unspecified atom stereocenters. The fourth-order valence-corrected chi connectivity index (χ4v) is 3.83. The van der Waals surface area contributed by atoms with Crippen LogP contribution in [0, 0.1) is 13.8 Å². The van der Waals surface area contributed by atoms with Crippen LogP contribution in [0.4, 0.5) is 0 Å². The molecule has 118 valence electrons. The van der Waals surface area contributed by atoms with Crippen molar-refractivity contribution >= 4 is 10.0 Å². The van der Waals surface area contributed by atoms with Gasteiger partial charge in [0.2, 0.25) is 10.0 Å². The number of benzene rings is 1. The van der Waals surface area contributed by atoms with Gasteiger partial charge in [-0.2, -0.15) is 0 Å². The number of hydrogen-bond donors (Lipinski definition) is 1. The van der Waals surface area contributed by atoms with E-state index in [1.807, 2.05) is 13.8 Å². The van der Waals surface area contributed by atoms with Gasteiger partial charge in [-0.15, -0.1) is 0 Å². The van der Waals surface area contributed by atoms with E-state index in [1.54, 1.807) is 19.1 Å². The van der Waals surface area contributed by atoms with Crippen molar-refractivity contribution in [3.05, 3.63) is 23.3 Å². The van der Waals surface area contributed by atoms with Crippen LogP contribution >= 0.6 is 0 Å². The first kappa shape index (κ1) is 16.3. The molecular formula is C15H23NO4S. The molecule has 2 rings (SSSR count). The molecule has 0 amide bonds. The van der Waals surface area contributed by atoms with E-state index in [0.717, 1.165) is 24.2 Å². The Morgan fingerprint density at radius 3 is 2.71 bits per heavy atom. The van der Waals surface area contributed by atoms with Crippen LogP contribution in [0.3, 0.4) is 0 Å². The van der Waals surface area contributed by atoms with Gasteiger partial charge in [0.1, 0.15) is 5.75 Å². The zero-order chi connectivity index (χ0) is 15.5. The topological polar surface area (TPSA) is 64.6 Å². The van der Waals surface area contributed by atoms with Crippen LogP contribution in [0.2, 0.25) is 0 Å². The van der Waals surface area contributed by atoms with E-state index in [4.69, 9.17) is 9.47 Å². The lowest BCUT2D eigenvalue weighted by Gasteiger charge is -2.15. The lowest BCUT2D eigenvalue weighted by molar-refractivity contribution is 0.114. The minimum atomic E-state index is -3.52. The molecule has 1 aliphatic rings. The molecule has 1 N–H and O–H groups in total. The summed E-state index contributed by atoms with van der Waals surface area (Å²) in [4.78, 5) is 0.307. The highest BCUT2D eigenvalue weighted by Gasteiger charge is 2.22. The van der Waals surface area contributed by atoms with Crippen molar-refractivity contribution in [2.24, 2.45) is 0 Å². The van der Waals surface area contributed by atoms with Crippen molar-refractivity contribution in [2.45, 2.75) is 44.6 Å². The summed E-state index contributed by atoms with van der Waals surface area (Å²) >= 11 is 0. The summed E-state index contributed by atoms with van der Waals surface area (Å²) < 4.78 is 38.4. The van der Waals surface area contributed by atoms with Gasteiger partial charge in [0.25, 0.3) is 0 Å². The maximum atomic E-state index is 12.4. The summed E-state index contributed by atoms with van der Waals surface area (Å²) in [6.07, 6.45) is 1.89. The Balaban J connectivity index is 2.16. The van der Waals surface area contributed by atoms with Crippen LogP contribution in [0.1, 0.15) is 30.9 Å². The van der Waals surface area contributed by atoms with E-state index < -0.39 is 10.0 Å². The van der Waals surface area contributed by atoms with Crippen LogP contribution in [-0.2, 0) is 14.8 Å². The zero-order valence-corrected chi connectivity index (χ0v) is 13.6. The third-order valence-corrected chi connectivity index (χ3v) is 5.15. The number of hydrogen-bond acceptors (Lipinski definition) is 4. The van der Waals surface area contributed by atoms with Crippen molar-refractivity contribution in [1.29, 1.82) is 0 Å². The number of aryl methyl sites for hydroxylation is 2. The molecule has 1 saturated heterocycles. The molecule has 1 atom stereocenters. The number of sulfonamides is 1. The second kappa shape index (κ2) is 6.77. The quantitative estimate of drug-likeness (QED) is 0.874. The highest BCUT2D eigenvalue weighted by atomic mass is 32.2. The lowest BCUT2D eigenvalue weighted by atomic mass is 10.1. The number of rotatable bonds is 6. The first-order valence-corrected chi connectivity index (χ1v) is 8.77. The van der Waals surface area contributed by atoms with E-state index >= 15 is 0 Å². The smallest absolute Gasteiger partial charge is 0.240 e. The highest BCUT2D eigenvalue weighted by molar-refractivity contribution is 7.89. The predicted molar refractivity (Wildman–Crippen MR) is 81.2 cm³/mol. The van der Waals surface area contributed by atoms with Gasteiger partial charge in [0, 0.05) is 13.2 Å². The third-order valence-electron chi connectivity index (χ3n) is 3.59. The molecule has 0 spiro atoms. The molecular weight excluding hydrogens is 290 g/mol. The van der Waals surface area contributed by atoms with Gasteiger partial charge in [-0.3, -0.25) is 0 Å². The standard InChI is InChI=1S/C15H23NO4S/c1-4-19-14-8-12(3)15(9-11(14)2)21(17,18)16-10-13-6-5-7-20-13/h8-9,13,16H,4-7,10H2,1-3H3. The molecule has 0 bridgehead atoms. The second-order valence-electron chi connectivity index (χ2n) is 5.30. The third kappa shape index (κ3) is 3.96. The van der Waals surface area contributed by atoms with Crippen molar-refractivity contribution in [3.8, 4) is 5.75 Å². The molecule has 0 radical (unpaired) electrons. The Hall–Kier alpha value is -1.11. The molecule has 0 saturated carbocycles. The van der Waals surface area contributed by atoms with Crippen molar-refractivity contribution in [3.63, 3.8) is 0 Å². The van der Waals surface area contributed by atoms with Gasteiger partial charge in [0.05, 0.1) is 17.6 Å². The normalized spacial score (nSPS) is 18.9. The van der Waals surface area contributed by atoms with Crippen LogP contribution < -0.4 is 9.46 Å². The molecule has 0 aromatic heterocycles. The molecule has 1 aromatic rings. The maximum Gasteiger partial charge on any atom is 0.240 e. The maximum absolute atomic E-state index is 12.4. The molecule has 1 heterocycles. The largest absolute Gasteiger partial charge is 0.494 e. The van der Waals surface area contributed by atoms with Crippen LogP contribution in [0.25, 0.3) is 0 Å². The van der Waals surface area contributed by atoms with Crippen LogP contribution in [0.15, 0.2) is 17.0 Å². The Kier molecular flexibility index (Phi) is 5.24. The Bertz CT molecular complexity index is 592. The van der Waals surface area contributed by atoms with Gasteiger partial charge in [0.15, 0.2) is 0 Å². The minimum Gasteiger partial charge on any atom is -0.494 e. The molecule has 1 aromatic carbocycles. The summed E-state index contributed by atoms with van der Waals surface area (Å²) in [7, 11) is -3.52. The average Bonchev–Trinajstić information content (AvgIpc) is 2.94. The van der Waals surface area contributed by atoms with E-state index in [1.165, 1.54) is 0 Å². The molecule has 1 aliphatic heterocycles. The highest BCUT2D eigenvalue weighted by Crippen LogP contribution is 2.26. The fraction of sp³-hybridized carbons (Fsp3) is 0.600. The molecule has 0 aliphatic carbocycles. The van der Waals surface area contributed by atoms with Crippen molar-refractivity contribution < 1.29 is 17.9 Å². The first-order valence-electron chi connectivity index (χ1n) is 7.29. The molecule has 6 heteroatoms. The molecule has 1 fully saturated rings. The van der Waals surface area contributed by atoms with Crippen LogP contribution in [0.5, 0.6) is 5.75 Å². The fourth-order valence-electron chi connectivity index (χ4n) is 2.45. The van der Waals surface area contributed by atoms with Gasteiger partial charge in [-0.25, -0.2) is 13.1 Å². The average molecular weight is 313 g/mol. The van der Waals surface area contributed by atoms with Crippen LogP contribution in [-0.4, -0.2) is 34.3 Å². The van der Waals surface area contributed by atoms with E-state index in [9.17, 15) is 8.42 Å². The monoisotopic (exact) mass is 313 g/mol. The summed E-state index contributed by atoms with van der Waals surface area (Å²) in [6, 6.07) is 3.44. The summed E-state index contributed by atoms with van der Waals surface area (Å²) in [5, 5.41) is 0. The van der Waals surface area contributed by atoms with Crippen molar-refractivity contribution in [1.82, 2.24) is 4.72 Å². The summed E-state index contributed by atoms with van der Waals surface area (Å²) in [5.41, 5.74) is 1.50. The van der Waals surface area contributed by atoms with E-state index in [0.29, 0.717) is 30.2 Å². The summed E-state index contributed by atoms with van der Waals surface area (Å²) in [5.74, 6) is 0.730. The molecule has 21 heavy (non-hydrogen) atoms. The van der Waals surface area contributed by atoms with Gasteiger partial charge >= 0.3 is 0 Å². The number of nitrogens with one attached hydrogen (secondary N) is 1. The first-order chi connectivity index (χ1) is 9.94.